The zero-order valence-corrected chi connectivity index (χ0v) is 14.4. The quantitative estimate of drug-likeness (QED) is 0.719. The second kappa shape index (κ2) is 7.68. The van der Waals surface area contributed by atoms with Crippen molar-refractivity contribution < 1.29 is 0 Å². The van der Waals surface area contributed by atoms with Crippen molar-refractivity contribution in [2.75, 3.05) is 6.54 Å². The summed E-state index contributed by atoms with van der Waals surface area (Å²) in [6, 6.07) is 13.9. The average molecular weight is 344 g/mol. The summed E-state index contributed by atoms with van der Waals surface area (Å²) in [6.45, 7) is 2.91. The molecule has 0 spiro atoms. The molecule has 0 saturated carbocycles. The molecule has 1 atom stereocenters. The lowest BCUT2D eigenvalue weighted by atomic mass is 10.0. The van der Waals surface area contributed by atoms with Crippen LogP contribution in [-0.2, 0) is 6.42 Å². The minimum atomic E-state index is 0.0307. The van der Waals surface area contributed by atoms with Gasteiger partial charge in [0.05, 0.1) is 22.9 Å². The van der Waals surface area contributed by atoms with Gasteiger partial charge in [-0.15, -0.1) is 11.3 Å². The predicted octanol–water partition coefficient (Wildman–Crippen LogP) is 4.42. The number of aromatic nitrogens is 2. The number of halogens is 1. The topological polar surface area (TPSA) is 37.8 Å². The second-order valence-electron chi connectivity index (χ2n) is 5.31. The molecule has 0 amide bonds. The maximum atomic E-state index is 6.16. The van der Waals surface area contributed by atoms with Crippen LogP contribution in [0.3, 0.4) is 0 Å². The lowest BCUT2D eigenvalue weighted by Crippen LogP contribution is -2.25. The van der Waals surface area contributed by atoms with Crippen LogP contribution in [0.4, 0.5) is 0 Å². The summed E-state index contributed by atoms with van der Waals surface area (Å²) in [4.78, 5) is 10.1. The largest absolute Gasteiger partial charge is 0.305 e. The minimum absolute atomic E-state index is 0.0307. The molecular weight excluding hydrogens is 326 g/mol. The van der Waals surface area contributed by atoms with Gasteiger partial charge in [0.1, 0.15) is 0 Å². The molecule has 1 N–H and O–H groups in total. The molecular formula is C18H18ClN3S. The lowest BCUT2D eigenvalue weighted by molar-refractivity contribution is 0.594. The maximum absolute atomic E-state index is 6.16. The van der Waals surface area contributed by atoms with Crippen molar-refractivity contribution in [3.05, 3.63) is 81.0 Å². The van der Waals surface area contributed by atoms with Crippen molar-refractivity contribution in [2.24, 2.45) is 0 Å². The van der Waals surface area contributed by atoms with Gasteiger partial charge in [0.15, 0.2) is 0 Å². The van der Waals surface area contributed by atoms with E-state index in [4.69, 9.17) is 11.6 Å². The van der Waals surface area contributed by atoms with Crippen LogP contribution in [0.15, 0.2) is 54.2 Å². The zero-order chi connectivity index (χ0) is 16.1. The van der Waals surface area contributed by atoms with Crippen LogP contribution in [0.1, 0.15) is 27.9 Å². The summed E-state index contributed by atoms with van der Waals surface area (Å²) in [6.07, 6.45) is 2.78. The van der Waals surface area contributed by atoms with Gasteiger partial charge in [-0.1, -0.05) is 29.8 Å². The van der Waals surface area contributed by atoms with E-state index in [1.54, 1.807) is 11.3 Å². The van der Waals surface area contributed by atoms with E-state index in [1.165, 1.54) is 4.88 Å². The van der Waals surface area contributed by atoms with Crippen molar-refractivity contribution >= 4 is 22.9 Å². The molecule has 0 aliphatic heterocycles. The number of pyridine rings is 1. The third-order valence-electron chi connectivity index (χ3n) is 3.71. The molecule has 0 bridgehead atoms. The van der Waals surface area contributed by atoms with Gasteiger partial charge in [0.2, 0.25) is 0 Å². The van der Waals surface area contributed by atoms with Crippen LogP contribution >= 0.6 is 22.9 Å². The van der Waals surface area contributed by atoms with Crippen LogP contribution in [0.2, 0.25) is 5.02 Å². The van der Waals surface area contributed by atoms with Crippen molar-refractivity contribution in [3.63, 3.8) is 0 Å². The molecule has 0 aliphatic carbocycles. The molecule has 0 saturated heterocycles. The molecule has 3 aromatic rings. The summed E-state index contributed by atoms with van der Waals surface area (Å²) in [7, 11) is 0. The Morgan fingerprint density at radius 3 is 2.78 bits per heavy atom. The van der Waals surface area contributed by atoms with Gasteiger partial charge >= 0.3 is 0 Å². The van der Waals surface area contributed by atoms with E-state index < -0.39 is 0 Å². The van der Waals surface area contributed by atoms with E-state index in [1.807, 2.05) is 48.1 Å². The van der Waals surface area contributed by atoms with Gasteiger partial charge in [-0.25, -0.2) is 4.98 Å². The standard InChI is InChI=1S/C18H18ClN3S/c1-13-17(23-12-22-13)8-10-21-18(16-7-2-3-9-20-16)14-5-4-6-15(19)11-14/h2-7,9,11-12,18,21H,8,10H2,1H3/t18-/m1/s1. The Balaban J connectivity index is 1.77. The lowest BCUT2D eigenvalue weighted by Gasteiger charge is -2.19. The highest BCUT2D eigenvalue weighted by Crippen LogP contribution is 2.23. The Kier molecular flexibility index (Phi) is 5.39. The summed E-state index contributed by atoms with van der Waals surface area (Å²) in [5.74, 6) is 0. The Morgan fingerprint density at radius 2 is 2.09 bits per heavy atom. The number of nitrogens with zero attached hydrogens (tertiary/aromatic N) is 2. The van der Waals surface area contributed by atoms with E-state index in [9.17, 15) is 0 Å². The third kappa shape index (κ3) is 4.16. The van der Waals surface area contributed by atoms with Crippen LogP contribution in [-0.4, -0.2) is 16.5 Å². The number of nitrogens with one attached hydrogen (secondary N) is 1. The number of aryl methyl sites for hydroxylation is 1. The Labute approximate surface area is 145 Å². The molecule has 0 fully saturated rings. The number of hydrogen-bond acceptors (Lipinski definition) is 4. The van der Waals surface area contributed by atoms with E-state index >= 15 is 0 Å². The summed E-state index contributed by atoms with van der Waals surface area (Å²) < 4.78 is 0. The van der Waals surface area contributed by atoms with Gasteiger partial charge in [0, 0.05) is 22.6 Å². The van der Waals surface area contributed by atoms with Crippen LogP contribution < -0.4 is 5.32 Å². The van der Waals surface area contributed by atoms with Gasteiger partial charge < -0.3 is 5.32 Å². The van der Waals surface area contributed by atoms with E-state index in [2.05, 4.69) is 28.3 Å². The van der Waals surface area contributed by atoms with Gasteiger partial charge in [-0.3, -0.25) is 4.98 Å². The third-order valence-corrected chi connectivity index (χ3v) is 4.94. The normalized spacial score (nSPS) is 12.3. The maximum Gasteiger partial charge on any atom is 0.0797 e. The molecule has 0 unspecified atom stereocenters. The molecule has 3 rings (SSSR count). The monoisotopic (exact) mass is 343 g/mol. The highest BCUT2D eigenvalue weighted by atomic mass is 35.5. The number of hydrogen-bond donors (Lipinski definition) is 1. The second-order valence-corrected chi connectivity index (χ2v) is 6.68. The molecule has 1 aromatic carbocycles. The van der Waals surface area contributed by atoms with Crippen LogP contribution in [0, 0.1) is 6.92 Å². The van der Waals surface area contributed by atoms with Crippen LogP contribution in [0.5, 0.6) is 0 Å². The fourth-order valence-corrected chi connectivity index (χ4v) is 3.50. The van der Waals surface area contributed by atoms with E-state index in [0.717, 1.165) is 34.9 Å². The van der Waals surface area contributed by atoms with Crippen LogP contribution in [0.25, 0.3) is 0 Å². The minimum Gasteiger partial charge on any atom is -0.305 e. The number of thiazole rings is 1. The van der Waals surface area contributed by atoms with Crippen molar-refractivity contribution in [3.8, 4) is 0 Å². The first kappa shape index (κ1) is 16.1. The van der Waals surface area contributed by atoms with Gasteiger partial charge in [-0.2, -0.15) is 0 Å². The Hall–Kier alpha value is -1.75. The molecule has 2 heterocycles. The van der Waals surface area contributed by atoms with Gasteiger partial charge in [-0.05, 0) is 43.2 Å². The Morgan fingerprint density at radius 1 is 1.17 bits per heavy atom. The molecule has 23 heavy (non-hydrogen) atoms. The highest BCUT2D eigenvalue weighted by molar-refractivity contribution is 7.09. The van der Waals surface area contributed by atoms with Gasteiger partial charge in [0.25, 0.3) is 0 Å². The first-order chi connectivity index (χ1) is 11.2. The zero-order valence-electron chi connectivity index (χ0n) is 12.9. The molecule has 118 valence electrons. The van der Waals surface area contributed by atoms with Crippen molar-refractivity contribution in [1.29, 1.82) is 0 Å². The number of benzene rings is 1. The van der Waals surface area contributed by atoms with E-state index in [-0.39, 0.29) is 6.04 Å². The summed E-state index contributed by atoms with van der Waals surface area (Å²) >= 11 is 7.87. The SMILES string of the molecule is Cc1ncsc1CCN[C@H](c1cccc(Cl)c1)c1ccccn1. The highest BCUT2D eigenvalue weighted by Gasteiger charge is 2.15. The average Bonchev–Trinajstić information content (AvgIpc) is 2.97. The smallest absolute Gasteiger partial charge is 0.0797 e. The summed E-state index contributed by atoms with van der Waals surface area (Å²) in [5, 5.41) is 4.34. The molecule has 2 aromatic heterocycles. The molecule has 5 heteroatoms. The van der Waals surface area contributed by atoms with E-state index in [0.29, 0.717) is 0 Å². The molecule has 3 nitrogen and oxygen atoms in total. The fourth-order valence-electron chi connectivity index (χ4n) is 2.52. The summed E-state index contributed by atoms with van der Waals surface area (Å²) in [5.41, 5.74) is 5.14. The fraction of sp³-hybridized carbons (Fsp3) is 0.222. The first-order valence-corrected chi connectivity index (χ1v) is 8.78. The molecule has 0 radical (unpaired) electrons. The predicted molar refractivity (Wildman–Crippen MR) is 96.1 cm³/mol. The van der Waals surface area contributed by atoms with Crippen molar-refractivity contribution in [1.82, 2.24) is 15.3 Å². The molecule has 0 aliphatic rings. The van der Waals surface area contributed by atoms with Crippen molar-refractivity contribution in [2.45, 2.75) is 19.4 Å². The first-order valence-electron chi connectivity index (χ1n) is 7.53. The number of rotatable bonds is 6. The Bertz CT molecular complexity index is 758.